The number of nitrogens with zero attached hydrogens (tertiary/aromatic N) is 3. The van der Waals surface area contributed by atoms with Gasteiger partial charge in [0.2, 0.25) is 0 Å². The highest BCUT2D eigenvalue weighted by atomic mass is 32.2. The fourth-order valence-electron chi connectivity index (χ4n) is 3.30. The molecule has 10 heteroatoms. The molecule has 1 atom stereocenters. The Hall–Kier alpha value is -1.20. The lowest BCUT2D eigenvalue weighted by atomic mass is 9.81. The molecule has 0 unspecified atom stereocenters. The molecule has 0 spiro atoms. The average Bonchev–Trinajstić information content (AvgIpc) is 2.93. The van der Waals surface area contributed by atoms with Gasteiger partial charge in [-0.25, -0.2) is 9.97 Å². The molecule has 3 heterocycles. The SMILES string of the molecule is CC1(C)OB(c2cnc(SCC3CCN(C(=O)[C@@H](O)CO)CC3)nc2)OC1(C)C. The van der Waals surface area contributed by atoms with Crippen molar-refractivity contribution >= 4 is 30.3 Å². The number of thioether (sulfide) groups is 1. The number of hydrogen-bond acceptors (Lipinski definition) is 8. The van der Waals surface area contributed by atoms with Gasteiger partial charge >= 0.3 is 7.12 Å². The maximum absolute atomic E-state index is 11.9. The monoisotopic (exact) mass is 423 g/mol. The number of rotatable bonds is 6. The van der Waals surface area contributed by atoms with E-state index < -0.39 is 31.0 Å². The van der Waals surface area contributed by atoms with E-state index in [9.17, 15) is 9.90 Å². The van der Waals surface area contributed by atoms with Crippen molar-refractivity contribution in [2.45, 2.75) is 63.0 Å². The van der Waals surface area contributed by atoms with Crippen LogP contribution in [0.15, 0.2) is 17.6 Å². The van der Waals surface area contributed by atoms with Crippen molar-refractivity contribution in [2.75, 3.05) is 25.4 Å². The molecule has 1 aromatic rings. The Morgan fingerprint density at radius 3 is 2.31 bits per heavy atom. The van der Waals surface area contributed by atoms with E-state index in [1.54, 1.807) is 29.1 Å². The van der Waals surface area contributed by atoms with Gasteiger partial charge in [-0.2, -0.15) is 0 Å². The van der Waals surface area contributed by atoms with Crippen LogP contribution in [-0.4, -0.2) is 80.9 Å². The van der Waals surface area contributed by atoms with Crippen molar-refractivity contribution < 1.29 is 24.3 Å². The molecule has 0 aromatic carbocycles. The first-order chi connectivity index (χ1) is 13.6. The molecule has 8 nitrogen and oxygen atoms in total. The third-order valence-electron chi connectivity index (χ3n) is 6.01. The third kappa shape index (κ3) is 5.11. The molecule has 1 aromatic heterocycles. The lowest BCUT2D eigenvalue weighted by Crippen LogP contribution is -2.45. The molecule has 2 aliphatic rings. The maximum atomic E-state index is 11.9. The summed E-state index contributed by atoms with van der Waals surface area (Å²) in [5, 5.41) is 19.1. The molecule has 0 saturated carbocycles. The van der Waals surface area contributed by atoms with Crippen molar-refractivity contribution in [1.29, 1.82) is 0 Å². The molecule has 0 aliphatic carbocycles. The van der Waals surface area contributed by atoms with Gasteiger partial charge in [0.15, 0.2) is 11.3 Å². The summed E-state index contributed by atoms with van der Waals surface area (Å²) < 4.78 is 12.0. The predicted octanol–water partition coefficient (Wildman–Crippen LogP) is 0.460. The van der Waals surface area contributed by atoms with Gasteiger partial charge in [-0.05, 0) is 46.5 Å². The topological polar surface area (TPSA) is 105 Å². The minimum absolute atomic E-state index is 0.389. The number of carbonyl (C=O) groups excluding carboxylic acids is 1. The fourth-order valence-corrected chi connectivity index (χ4v) is 4.28. The van der Waals surface area contributed by atoms with Crippen molar-refractivity contribution in [1.82, 2.24) is 14.9 Å². The number of hydrogen-bond donors (Lipinski definition) is 2. The highest BCUT2D eigenvalue weighted by Gasteiger charge is 2.51. The summed E-state index contributed by atoms with van der Waals surface area (Å²) in [6.45, 7) is 8.73. The van der Waals surface area contributed by atoms with Crippen LogP contribution in [0, 0.1) is 5.92 Å². The zero-order valence-electron chi connectivity index (χ0n) is 17.5. The quantitative estimate of drug-likeness (QED) is 0.386. The molecular formula is C19H30BN3O5S. The molecule has 0 bridgehead atoms. The van der Waals surface area contributed by atoms with Crippen LogP contribution in [0.4, 0.5) is 0 Å². The van der Waals surface area contributed by atoms with Crippen LogP contribution in [0.1, 0.15) is 40.5 Å². The van der Waals surface area contributed by atoms with E-state index in [1.165, 1.54) is 0 Å². The van der Waals surface area contributed by atoms with Crippen LogP contribution in [-0.2, 0) is 14.1 Å². The van der Waals surface area contributed by atoms with Crippen molar-refractivity contribution in [2.24, 2.45) is 5.92 Å². The van der Waals surface area contributed by atoms with E-state index in [0.29, 0.717) is 24.2 Å². The second-order valence-corrected chi connectivity index (χ2v) is 9.65. The number of aliphatic hydroxyl groups is 2. The number of likely N-dealkylation sites (tertiary alicyclic amines) is 1. The molecule has 2 N–H and O–H groups in total. The Morgan fingerprint density at radius 2 is 1.79 bits per heavy atom. The number of amides is 1. The van der Waals surface area contributed by atoms with E-state index >= 15 is 0 Å². The minimum atomic E-state index is -1.31. The van der Waals surface area contributed by atoms with Crippen LogP contribution in [0.2, 0.25) is 0 Å². The summed E-state index contributed by atoms with van der Waals surface area (Å²) in [4.78, 5) is 22.4. The summed E-state index contributed by atoms with van der Waals surface area (Å²) in [5.74, 6) is 0.947. The minimum Gasteiger partial charge on any atom is -0.399 e. The summed E-state index contributed by atoms with van der Waals surface area (Å²) >= 11 is 1.60. The molecule has 2 saturated heterocycles. The summed E-state index contributed by atoms with van der Waals surface area (Å²) in [6.07, 6.45) is 3.94. The molecule has 29 heavy (non-hydrogen) atoms. The number of piperidine rings is 1. The average molecular weight is 423 g/mol. The van der Waals surface area contributed by atoms with Crippen LogP contribution >= 0.6 is 11.8 Å². The molecular weight excluding hydrogens is 393 g/mol. The van der Waals surface area contributed by atoms with Gasteiger partial charge in [-0.15, -0.1) is 0 Å². The number of carbonyl (C=O) groups is 1. The molecule has 2 aliphatic heterocycles. The first-order valence-electron chi connectivity index (χ1n) is 10.0. The van der Waals surface area contributed by atoms with Gasteiger partial charge in [-0.3, -0.25) is 4.79 Å². The Bertz CT molecular complexity index is 694. The van der Waals surface area contributed by atoms with E-state index in [0.717, 1.165) is 24.1 Å². The highest BCUT2D eigenvalue weighted by molar-refractivity contribution is 7.99. The van der Waals surface area contributed by atoms with E-state index in [-0.39, 0.29) is 5.91 Å². The molecule has 3 rings (SSSR count). The zero-order valence-corrected chi connectivity index (χ0v) is 18.3. The van der Waals surface area contributed by atoms with Gasteiger partial charge in [0, 0.05) is 36.7 Å². The Kier molecular flexibility index (Phi) is 6.90. The van der Waals surface area contributed by atoms with E-state index in [1.807, 2.05) is 27.7 Å². The Labute approximate surface area is 176 Å². The predicted molar refractivity (Wildman–Crippen MR) is 111 cm³/mol. The van der Waals surface area contributed by atoms with Gasteiger partial charge in [0.1, 0.15) is 0 Å². The molecule has 1 amide bonds. The number of aliphatic hydroxyl groups excluding tert-OH is 2. The van der Waals surface area contributed by atoms with Crippen molar-refractivity contribution in [3.8, 4) is 0 Å². The largest absolute Gasteiger partial charge is 0.498 e. The van der Waals surface area contributed by atoms with Gasteiger partial charge in [0.25, 0.3) is 5.91 Å². The van der Waals surface area contributed by atoms with E-state index in [2.05, 4.69) is 9.97 Å². The molecule has 0 radical (unpaired) electrons. The Morgan fingerprint density at radius 1 is 1.24 bits per heavy atom. The Balaban J connectivity index is 1.46. The maximum Gasteiger partial charge on any atom is 0.498 e. The van der Waals surface area contributed by atoms with Gasteiger partial charge in [0.05, 0.1) is 17.8 Å². The zero-order chi connectivity index (χ0) is 21.2. The highest BCUT2D eigenvalue weighted by Crippen LogP contribution is 2.36. The lowest BCUT2D eigenvalue weighted by molar-refractivity contribution is -0.143. The normalized spacial score (nSPS) is 22.7. The van der Waals surface area contributed by atoms with Crippen LogP contribution in [0.5, 0.6) is 0 Å². The first kappa shape index (κ1) is 22.5. The first-order valence-corrected chi connectivity index (χ1v) is 11.0. The smallest absolute Gasteiger partial charge is 0.399 e. The lowest BCUT2D eigenvalue weighted by Gasteiger charge is -2.32. The van der Waals surface area contributed by atoms with Crippen LogP contribution < -0.4 is 5.46 Å². The fraction of sp³-hybridized carbons (Fsp3) is 0.737. The van der Waals surface area contributed by atoms with Crippen molar-refractivity contribution in [3.05, 3.63) is 12.4 Å². The summed E-state index contributed by atoms with van der Waals surface area (Å²) in [6, 6.07) is 0. The number of aromatic nitrogens is 2. The summed E-state index contributed by atoms with van der Waals surface area (Å²) in [7, 11) is -0.463. The van der Waals surface area contributed by atoms with Crippen LogP contribution in [0.3, 0.4) is 0 Å². The molecule has 2 fully saturated rings. The molecule has 160 valence electrons. The standard InChI is InChI=1S/C19H30BN3O5S/c1-18(2)19(3,4)28-20(27-18)14-9-21-17(22-10-14)29-12-13-5-7-23(8-6-13)16(26)15(25)11-24/h9-10,13,15,24-25H,5-8,11-12H2,1-4H3/t15-/m0/s1. The third-order valence-corrected chi connectivity index (χ3v) is 7.11. The van der Waals surface area contributed by atoms with Gasteiger partial charge in [-0.1, -0.05) is 11.8 Å². The van der Waals surface area contributed by atoms with Crippen LogP contribution in [0.25, 0.3) is 0 Å². The summed E-state index contributed by atoms with van der Waals surface area (Å²) in [5.41, 5.74) is 0.0191. The van der Waals surface area contributed by atoms with Gasteiger partial charge < -0.3 is 24.4 Å². The van der Waals surface area contributed by atoms with Crippen molar-refractivity contribution in [3.63, 3.8) is 0 Å². The second-order valence-electron chi connectivity index (χ2n) is 8.67. The second kappa shape index (κ2) is 8.89. The van der Waals surface area contributed by atoms with E-state index in [4.69, 9.17) is 14.4 Å².